The second-order valence-corrected chi connectivity index (χ2v) is 4.89. The molecule has 0 aliphatic rings. The van der Waals surface area contributed by atoms with Gasteiger partial charge in [0.05, 0.1) is 0 Å². The first kappa shape index (κ1) is 11.1. The molecule has 2 aromatic carbocycles. The fourth-order valence-corrected chi connectivity index (χ4v) is 2.39. The first-order valence-electron chi connectivity index (χ1n) is 5.39. The van der Waals surface area contributed by atoms with Gasteiger partial charge in [-0.3, -0.25) is 0 Å². The lowest BCUT2D eigenvalue weighted by Gasteiger charge is -2.07. The smallest absolute Gasteiger partial charge is 0.0404 e. The van der Waals surface area contributed by atoms with Gasteiger partial charge >= 0.3 is 0 Å². The largest absolute Gasteiger partial charge is 0.398 e. The van der Waals surface area contributed by atoms with E-state index < -0.39 is 0 Å². The molecule has 0 saturated carbocycles. The van der Waals surface area contributed by atoms with Crippen LogP contribution in [0.4, 0.5) is 5.69 Å². The molecule has 16 heavy (non-hydrogen) atoms. The Morgan fingerprint density at radius 1 is 1.06 bits per heavy atom. The molecule has 0 spiro atoms. The van der Waals surface area contributed by atoms with E-state index >= 15 is 0 Å². The summed E-state index contributed by atoms with van der Waals surface area (Å²) in [6, 6.07) is 16.5. The number of hydrogen-bond donors (Lipinski definition) is 1. The zero-order valence-electron chi connectivity index (χ0n) is 9.31. The Hall–Kier alpha value is -1.41. The Morgan fingerprint density at radius 2 is 1.81 bits per heavy atom. The van der Waals surface area contributed by atoms with E-state index in [9.17, 15) is 0 Å². The summed E-state index contributed by atoms with van der Waals surface area (Å²) < 4.78 is 0. The average Bonchev–Trinajstić information content (AvgIpc) is 2.31. The van der Waals surface area contributed by atoms with Crippen LogP contribution in [0.1, 0.15) is 6.92 Å². The number of thioether (sulfide) groups is 1. The van der Waals surface area contributed by atoms with E-state index in [1.165, 1.54) is 10.5 Å². The molecule has 0 atom stereocenters. The van der Waals surface area contributed by atoms with Crippen molar-refractivity contribution in [2.24, 2.45) is 0 Å². The summed E-state index contributed by atoms with van der Waals surface area (Å²) >= 11 is 1.81. The first-order chi connectivity index (χ1) is 7.81. The Morgan fingerprint density at radius 3 is 2.44 bits per heavy atom. The lowest BCUT2D eigenvalue weighted by molar-refractivity contribution is 1.43. The van der Waals surface area contributed by atoms with Crippen LogP contribution < -0.4 is 5.73 Å². The monoisotopic (exact) mass is 229 g/mol. The van der Waals surface area contributed by atoms with Crippen molar-refractivity contribution in [2.45, 2.75) is 11.8 Å². The van der Waals surface area contributed by atoms with Crippen molar-refractivity contribution in [1.29, 1.82) is 0 Å². The fraction of sp³-hybridized carbons (Fsp3) is 0.143. The summed E-state index contributed by atoms with van der Waals surface area (Å²) in [6.45, 7) is 2.14. The molecule has 2 heteroatoms. The molecule has 0 amide bonds. The summed E-state index contributed by atoms with van der Waals surface area (Å²) in [5.74, 6) is 1.07. The second kappa shape index (κ2) is 5.08. The van der Waals surface area contributed by atoms with Gasteiger partial charge in [-0.05, 0) is 23.4 Å². The van der Waals surface area contributed by atoms with E-state index in [-0.39, 0.29) is 0 Å². The normalized spacial score (nSPS) is 10.3. The zero-order chi connectivity index (χ0) is 11.4. The van der Waals surface area contributed by atoms with E-state index in [2.05, 4.69) is 37.3 Å². The maximum absolute atomic E-state index is 6.07. The number of benzene rings is 2. The highest BCUT2D eigenvalue weighted by molar-refractivity contribution is 7.99. The van der Waals surface area contributed by atoms with Crippen LogP contribution in [0, 0.1) is 0 Å². The van der Waals surface area contributed by atoms with Gasteiger partial charge in [0, 0.05) is 16.1 Å². The van der Waals surface area contributed by atoms with Gasteiger partial charge in [0.1, 0.15) is 0 Å². The van der Waals surface area contributed by atoms with Crippen LogP contribution in [0.15, 0.2) is 53.4 Å². The minimum Gasteiger partial charge on any atom is -0.398 e. The van der Waals surface area contributed by atoms with Gasteiger partial charge in [0.2, 0.25) is 0 Å². The van der Waals surface area contributed by atoms with Gasteiger partial charge < -0.3 is 5.73 Å². The molecule has 0 fully saturated rings. The SMILES string of the molecule is CCSc1ccc(-c2ccccc2)c(N)c1. The van der Waals surface area contributed by atoms with Gasteiger partial charge in [0.25, 0.3) is 0 Å². The van der Waals surface area contributed by atoms with Gasteiger partial charge in [-0.1, -0.05) is 43.3 Å². The van der Waals surface area contributed by atoms with Crippen molar-refractivity contribution in [2.75, 3.05) is 11.5 Å². The van der Waals surface area contributed by atoms with Crippen molar-refractivity contribution >= 4 is 17.4 Å². The third-order valence-corrected chi connectivity index (χ3v) is 3.29. The highest BCUT2D eigenvalue weighted by Crippen LogP contribution is 2.29. The Balaban J connectivity index is 2.37. The lowest BCUT2D eigenvalue weighted by Crippen LogP contribution is -1.90. The summed E-state index contributed by atoms with van der Waals surface area (Å²) in [7, 11) is 0. The van der Waals surface area contributed by atoms with Gasteiger partial charge in [-0.2, -0.15) is 0 Å². The minimum absolute atomic E-state index is 0.852. The quantitative estimate of drug-likeness (QED) is 0.634. The zero-order valence-corrected chi connectivity index (χ0v) is 10.1. The predicted molar refractivity (Wildman–Crippen MR) is 72.7 cm³/mol. The second-order valence-electron chi connectivity index (χ2n) is 3.55. The van der Waals surface area contributed by atoms with E-state index in [0.717, 1.165) is 17.0 Å². The van der Waals surface area contributed by atoms with Crippen molar-refractivity contribution in [3.05, 3.63) is 48.5 Å². The summed E-state index contributed by atoms with van der Waals surface area (Å²) in [5, 5.41) is 0. The maximum Gasteiger partial charge on any atom is 0.0404 e. The summed E-state index contributed by atoms with van der Waals surface area (Å²) in [6.07, 6.45) is 0. The van der Waals surface area contributed by atoms with Crippen LogP contribution in [-0.2, 0) is 0 Å². The molecule has 0 unspecified atom stereocenters. The summed E-state index contributed by atoms with van der Waals surface area (Å²) in [5.41, 5.74) is 9.21. The maximum atomic E-state index is 6.07. The molecule has 2 N–H and O–H groups in total. The summed E-state index contributed by atoms with van der Waals surface area (Å²) in [4.78, 5) is 1.24. The van der Waals surface area contributed by atoms with Crippen LogP contribution in [0.3, 0.4) is 0 Å². The van der Waals surface area contributed by atoms with Crippen LogP contribution in [-0.4, -0.2) is 5.75 Å². The van der Waals surface area contributed by atoms with Crippen LogP contribution in [0.25, 0.3) is 11.1 Å². The van der Waals surface area contributed by atoms with E-state index in [1.54, 1.807) is 0 Å². The molecule has 0 radical (unpaired) electrons. The number of rotatable bonds is 3. The molecule has 0 bridgehead atoms. The van der Waals surface area contributed by atoms with E-state index in [1.807, 2.05) is 30.0 Å². The molecule has 0 aromatic heterocycles. The van der Waals surface area contributed by atoms with Crippen molar-refractivity contribution in [3.8, 4) is 11.1 Å². The average molecular weight is 229 g/mol. The van der Waals surface area contributed by atoms with Gasteiger partial charge in [-0.25, -0.2) is 0 Å². The molecular weight excluding hydrogens is 214 g/mol. The Labute approximate surface area is 101 Å². The fourth-order valence-electron chi connectivity index (χ4n) is 1.68. The Bertz CT molecular complexity index is 465. The van der Waals surface area contributed by atoms with Crippen molar-refractivity contribution in [3.63, 3.8) is 0 Å². The molecule has 1 nitrogen and oxygen atoms in total. The molecule has 0 saturated heterocycles. The molecule has 0 heterocycles. The number of nitrogens with two attached hydrogens (primary N) is 1. The molecule has 2 rings (SSSR count). The predicted octanol–water partition coefficient (Wildman–Crippen LogP) is 4.05. The molecule has 82 valence electrons. The van der Waals surface area contributed by atoms with Gasteiger partial charge in [0.15, 0.2) is 0 Å². The molecular formula is C14H15NS. The third kappa shape index (κ3) is 2.39. The minimum atomic E-state index is 0.852. The topological polar surface area (TPSA) is 26.0 Å². The van der Waals surface area contributed by atoms with Crippen LogP contribution >= 0.6 is 11.8 Å². The highest BCUT2D eigenvalue weighted by atomic mass is 32.2. The number of nitrogen functional groups attached to an aromatic ring is 1. The molecule has 2 aromatic rings. The highest BCUT2D eigenvalue weighted by Gasteiger charge is 2.02. The molecule has 0 aliphatic carbocycles. The number of anilines is 1. The standard InChI is InChI=1S/C14H15NS/c1-2-16-12-8-9-13(14(15)10-12)11-6-4-3-5-7-11/h3-10H,2,15H2,1H3. The van der Waals surface area contributed by atoms with E-state index in [4.69, 9.17) is 5.73 Å². The van der Waals surface area contributed by atoms with Crippen LogP contribution in [0.2, 0.25) is 0 Å². The first-order valence-corrected chi connectivity index (χ1v) is 6.37. The van der Waals surface area contributed by atoms with Crippen molar-refractivity contribution < 1.29 is 0 Å². The van der Waals surface area contributed by atoms with Crippen molar-refractivity contribution in [1.82, 2.24) is 0 Å². The Kier molecular flexibility index (Phi) is 3.52. The van der Waals surface area contributed by atoms with Crippen LogP contribution in [0.5, 0.6) is 0 Å². The molecule has 0 aliphatic heterocycles. The lowest BCUT2D eigenvalue weighted by atomic mass is 10.0. The third-order valence-electron chi connectivity index (χ3n) is 2.42. The number of hydrogen-bond acceptors (Lipinski definition) is 2. The van der Waals surface area contributed by atoms with E-state index in [0.29, 0.717) is 0 Å². The van der Waals surface area contributed by atoms with Gasteiger partial charge in [-0.15, -0.1) is 11.8 Å².